The number of aliphatic hydroxyl groups is 1. The highest BCUT2D eigenvalue weighted by atomic mass is 31.3. The van der Waals surface area contributed by atoms with Crippen LogP contribution in [0.4, 0.5) is 0 Å². The lowest BCUT2D eigenvalue weighted by Crippen LogP contribution is -2.46. The van der Waals surface area contributed by atoms with Crippen molar-refractivity contribution in [3.8, 4) is 0 Å². The van der Waals surface area contributed by atoms with Crippen molar-refractivity contribution in [3.63, 3.8) is 0 Å². The Balaban J connectivity index is 2.19. The molecular formula is C14H26N3O12P3. The van der Waals surface area contributed by atoms with Gasteiger partial charge in [-0.1, -0.05) is 20.4 Å². The Morgan fingerprint density at radius 3 is 2.28 bits per heavy atom. The quantitative estimate of drug-likeness (QED) is 0.244. The summed E-state index contributed by atoms with van der Waals surface area (Å²) in [6.45, 7) is 9.32. The second-order valence-corrected chi connectivity index (χ2v) is 12.4. The van der Waals surface area contributed by atoms with E-state index in [0.29, 0.717) is 5.57 Å². The number of ether oxygens (including phenoxy) is 1. The zero-order valence-electron chi connectivity index (χ0n) is 17.6. The second-order valence-electron chi connectivity index (χ2n) is 8.00. The average Bonchev–Trinajstić information content (AvgIpc) is 2.74. The molecule has 0 aromatic carbocycles. The number of aliphatic hydroxyl groups excluding tert-OH is 1. The summed E-state index contributed by atoms with van der Waals surface area (Å²) in [6, 6.07) is 0. The first-order chi connectivity index (χ1) is 14.2. The van der Waals surface area contributed by atoms with Gasteiger partial charge in [0.15, 0.2) is 0 Å². The van der Waals surface area contributed by atoms with Gasteiger partial charge in [0.05, 0.1) is 12.7 Å². The van der Waals surface area contributed by atoms with Crippen molar-refractivity contribution in [2.75, 3.05) is 6.61 Å². The number of phosphoric ester groups is 1. The van der Waals surface area contributed by atoms with Gasteiger partial charge in [0.2, 0.25) is 0 Å². The minimum atomic E-state index is -5.67. The third-order valence-corrected chi connectivity index (χ3v) is 8.55. The summed E-state index contributed by atoms with van der Waals surface area (Å²) in [5.74, 6) is 0.466. The van der Waals surface area contributed by atoms with E-state index in [9.17, 15) is 28.6 Å². The highest BCUT2D eigenvalue weighted by Crippen LogP contribution is 2.66. The van der Waals surface area contributed by atoms with E-state index in [1.54, 1.807) is 27.0 Å². The number of rotatable bonds is 8. The van der Waals surface area contributed by atoms with Crippen LogP contribution in [0.2, 0.25) is 0 Å². The van der Waals surface area contributed by atoms with Gasteiger partial charge in [-0.15, -0.1) is 0 Å². The molecule has 1 fully saturated rings. The molecule has 0 bridgehead atoms. The zero-order chi connectivity index (χ0) is 24.9. The molecule has 0 saturated carbocycles. The normalized spacial score (nSPS) is 32.2. The third kappa shape index (κ3) is 6.15. The maximum Gasteiger partial charge on any atom is 0.490 e. The fourth-order valence-corrected chi connectivity index (χ4v) is 6.39. The molecule has 0 radical (unpaired) electrons. The lowest BCUT2D eigenvalue weighted by atomic mass is 9.80. The van der Waals surface area contributed by atoms with Crippen molar-refractivity contribution >= 4 is 29.3 Å². The minimum absolute atomic E-state index is 0.218. The van der Waals surface area contributed by atoms with Gasteiger partial charge >= 0.3 is 23.5 Å². The number of aliphatic imine (C=N–C) groups is 1. The van der Waals surface area contributed by atoms with E-state index < -0.39 is 53.4 Å². The molecule has 0 aliphatic carbocycles. The third-order valence-electron chi connectivity index (χ3n) is 4.77. The summed E-state index contributed by atoms with van der Waals surface area (Å²) in [4.78, 5) is 41.7. The first-order valence-corrected chi connectivity index (χ1v) is 13.4. The van der Waals surface area contributed by atoms with Gasteiger partial charge < -0.3 is 40.1 Å². The SMILES string of the molecule is C=C1N=C(N)C(C)=CN1[C@@H]1O[C@](C)(COP(=O)(O)OP(=O)(O)OP(=O)(O)O)[C@H](O)C1(C)C. The largest absolute Gasteiger partial charge is 0.490 e. The van der Waals surface area contributed by atoms with Crippen molar-refractivity contribution in [1.82, 2.24) is 4.90 Å². The molecule has 32 heavy (non-hydrogen) atoms. The van der Waals surface area contributed by atoms with Crippen LogP contribution in [-0.4, -0.2) is 60.0 Å². The topological polar surface area (TPSA) is 231 Å². The lowest BCUT2D eigenvalue weighted by molar-refractivity contribution is -0.122. The lowest BCUT2D eigenvalue weighted by Gasteiger charge is -2.37. The van der Waals surface area contributed by atoms with Crippen molar-refractivity contribution in [2.24, 2.45) is 16.1 Å². The summed E-state index contributed by atoms with van der Waals surface area (Å²) < 4.78 is 52.2. The number of nitrogens with two attached hydrogens (primary N) is 1. The van der Waals surface area contributed by atoms with Crippen LogP contribution >= 0.6 is 23.5 Å². The van der Waals surface area contributed by atoms with Crippen LogP contribution < -0.4 is 5.73 Å². The highest BCUT2D eigenvalue weighted by Gasteiger charge is 2.59. The van der Waals surface area contributed by atoms with Crippen molar-refractivity contribution in [2.45, 2.75) is 45.6 Å². The summed E-state index contributed by atoms with van der Waals surface area (Å²) >= 11 is 0. The van der Waals surface area contributed by atoms with Gasteiger partial charge in [-0.25, -0.2) is 18.7 Å². The monoisotopic (exact) mass is 521 g/mol. The molecule has 0 spiro atoms. The summed E-state index contributed by atoms with van der Waals surface area (Å²) in [5, 5.41) is 10.9. The zero-order valence-corrected chi connectivity index (χ0v) is 20.2. The molecule has 0 aromatic heterocycles. The molecule has 2 rings (SSSR count). The molecule has 5 atom stereocenters. The van der Waals surface area contributed by atoms with E-state index in [4.69, 9.17) is 20.3 Å². The van der Waals surface area contributed by atoms with E-state index in [-0.39, 0.29) is 11.7 Å². The predicted octanol–water partition coefficient (Wildman–Crippen LogP) is 0.880. The Morgan fingerprint density at radius 2 is 1.75 bits per heavy atom. The molecule has 1 saturated heterocycles. The summed E-state index contributed by atoms with van der Waals surface area (Å²) in [6.07, 6.45) is -0.582. The molecule has 2 unspecified atom stereocenters. The van der Waals surface area contributed by atoms with Gasteiger partial charge in [0, 0.05) is 17.2 Å². The van der Waals surface area contributed by atoms with Crippen LogP contribution in [0, 0.1) is 5.41 Å². The molecule has 2 heterocycles. The number of phosphoric acid groups is 3. The molecule has 2 aliphatic heterocycles. The number of amidine groups is 1. The molecule has 15 nitrogen and oxygen atoms in total. The smallest absolute Gasteiger partial charge is 0.389 e. The molecule has 0 aromatic rings. The Hall–Kier alpha value is -0.920. The van der Waals surface area contributed by atoms with Crippen molar-refractivity contribution in [1.29, 1.82) is 0 Å². The Labute approximate surface area is 183 Å². The average molecular weight is 521 g/mol. The minimum Gasteiger partial charge on any atom is -0.389 e. The first-order valence-electron chi connectivity index (χ1n) is 8.83. The predicted molar refractivity (Wildman–Crippen MR) is 109 cm³/mol. The first kappa shape index (κ1) is 27.3. The van der Waals surface area contributed by atoms with E-state index in [1.165, 1.54) is 11.8 Å². The van der Waals surface area contributed by atoms with Crippen LogP contribution in [0.1, 0.15) is 27.7 Å². The van der Waals surface area contributed by atoms with Gasteiger partial charge in [-0.05, 0) is 13.8 Å². The maximum absolute atomic E-state index is 12.0. The fourth-order valence-electron chi connectivity index (χ4n) is 3.27. The number of hydrogen-bond acceptors (Lipinski definition) is 11. The molecule has 2 aliphatic rings. The standard InChI is InChI=1S/C14H26N3O12P3/c1-8-6-17(9(2)16-10(8)15)12-13(3,4)11(18)14(5,27-12)7-26-31(22,23)29-32(24,25)28-30(19,20)21/h6,11-12,18H,2,7H2,1,3-5H3,(H2,15,16)(H,22,23)(H,24,25)(H2,19,20,21)/t11-,12-,14-/m1/s1. The summed E-state index contributed by atoms with van der Waals surface area (Å²) in [7, 11) is -16.6. The maximum atomic E-state index is 12.0. The second kappa shape index (κ2) is 8.70. The van der Waals surface area contributed by atoms with Crippen LogP contribution in [0.5, 0.6) is 0 Å². The van der Waals surface area contributed by atoms with Crippen LogP contribution in [0.25, 0.3) is 0 Å². The van der Waals surface area contributed by atoms with Gasteiger partial charge in [-0.2, -0.15) is 8.62 Å². The summed E-state index contributed by atoms with van der Waals surface area (Å²) in [5.41, 5.74) is 3.71. The van der Waals surface area contributed by atoms with Gasteiger partial charge in [0.25, 0.3) is 0 Å². The fraction of sp³-hybridized carbons (Fsp3) is 0.643. The Morgan fingerprint density at radius 1 is 1.19 bits per heavy atom. The molecule has 0 amide bonds. The van der Waals surface area contributed by atoms with E-state index in [0.717, 1.165) is 0 Å². The van der Waals surface area contributed by atoms with Crippen molar-refractivity contribution < 1.29 is 56.3 Å². The van der Waals surface area contributed by atoms with Crippen LogP contribution in [0.3, 0.4) is 0 Å². The molecular weight excluding hydrogens is 495 g/mol. The molecule has 184 valence electrons. The van der Waals surface area contributed by atoms with E-state index in [1.807, 2.05) is 0 Å². The molecule has 7 N–H and O–H groups in total. The van der Waals surface area contributed by atoms with Crippen molar-refractivity contribution in [3.05, 3.63) is 24.2 Å². The molecule has 18 heteroatoms. The Kier molecular flexibility index (Phi) is 7.43. The number of hydrogen-bond donors (Lipinski definition) is 6. The highest BCUT2D eigenvalue weighted by molar-refractivity contribution is 7.66. The van der Waals surface area contributed by atoms with E-state index in [2.05, 4.69) is 24.7 Å². The van der Waals surface area contributed by atoms with Gasteiger partial charge in [-0.3, -0.25) is 4.52 Å². The van der Waals surface area contributed by atoms with Crippen LogP contribution in [-0.2, 0) is 31.6 Å². The van der Waals surface area contributed by atoms with E-state index >= 15 is 0 Å². The number of nitrogens with zero attached hydrogens (tertiary/aromatic N) is 2. The Bertz CT molecular complexity index is 991. The van der Waals surface area contributed by atoms with Gasteiger partial charge in [0.1, 0.15) is 23.5 Å². The van der Waals surface area contributed by atoms with Crippen LogP contribution in [0.15, 0.2) is 29.2 Å².